The molecule has 1 aromatic rings. The lowest BCUT2D eigenvalue weighted by atomic mass is 9.88. The molecular weight excluding hydrogens is 276 g/mol. The fourth-order valence-corrected chi connectivity index (χ4v) is 3.68. The summed E-state index contributed by atoms with van der Waals surface area (Å²) < 4.78 is 5.28. The molecule has 1 nitrogen and oxygen atoms in total. The molecule has 0 spiro atoms. The van der Waals surface area contributed by atoms with Crippen LogP contribution in [-0.4, -0.2) is 11.9 Å². The maximum absolute atomic E-state index is 5.28. The molecule has 0 radical (unpaired) electrons. The molecule has 0 aliphatic heterocycles. The van der Waals surface area contributed by atoms with Crippen LogP contribution in [0, 0.1) is 6.92 Å². The quantitative estimate of drug-likeness (QED) is 0.562. The van der Waals surface area contributed by atoms with Gasteiger partial charge in [0.25, 0.3) is 0 Å². The van der Waals surface area contributed by atoms with Gasteiger partial charge in [0, 0.05) is 4.83 Å². The number of ether oxygens (including phenoxy) is 1. The Morgan fingerprint density at radius 3 is 2.65 bits per heavy atom. The fraction of sp³-hybridized carbons (Fsp3) is 0.600. The molecule has 0 aromatic heterocycles. The number of halogens is 1. The first-order valence-electron chi connectivity index (χ1n) is 6.51. The Bertz CT molecular complexity index is 375. The van der Waals surface area contributed by atoms with Crippen LogP contribution in [0.4, 0.5) is 0 Å². The lowest BCUT2D eigenvalue weighted by molar-refractivity contribution is 0.414. The van der Waals surface area contributed by atoms with Crippen LogP contribution in [-0.2, 0) is 0 Å². The van der Waals surface area contributed by atoms with E-state index in [4.69, 9.17) is 4.74 Å². The van der Waals surface area contributed by atoms with Crippen molar-refractivity contribution in [3.63, 3.8) is 0 Å². The van der Waals surface area contributed by atoms with Gasteiger partial charge in [-0.1, -0.05) is 41.3 Å². The standard InChI is InChI=1S/C15H21BrO/c1-11-10-12(17-2)8-9-13(11)14-6-4-3-5-7-15(14)16/h8-10,14-15H,3-7H2,1-2H3. The molecule has 0 N–H and O–H groups in total. The highest BCUT2D eigenvalue weighted by Gasteiger charge is 2.24. The van der Waals surface area contributed by atoms with E-state index in [0.29, 0.717) is 10.7 Å². The number of rotatable bonds is 2. The Morgan fingerprint density at radius 2 is 1.94 bits per heavy atom. The second-order valence-electron chi connectivity index (χ2n) is 4.98. The molecule has 1 aromatic carbocycles. The summed E-state index contributed by atoms with van der Waals surface area (Å²) in [5.41, 5.74) is 2.86. The predicted molar refractivity (Wildman–Crippen MR) is 76.3 cm³/mol. The summed E-state index contributed by atoms with van der Waals surface area (Å²) in [6, 6.07) is 6.49. The first-order chi connectivity index (χ1) is 8.22. The van der Waals surface area contributed by atoms with Gasteiger partial charge in [-0.2, -0.15) is 0 Å². The van der Waals surface area contributed by atoms with Crippen LogP contribution in [0.2, 0.25) is 0 Å². The minimum absolute atomic E-state index is 0.636. The second kappa shape index (κ2) is 5.90. The summed E-state index contributed by atoms with van der Waals surface area (Å²) in [6.07, 6.45) is 6.72. The number of methoxy groups -OCH3 is 1. The molecule has 1 aliphatic rings. The molecule has 17 heavy (non-hydrogen) atoms. The average Bonchev–Trinajstić information content (AvgIpc) is 2.54. The van der Waals surface area contributed by atoms with Crippen LogP contribution in [0.3, 0.4) is 0 Å². The van der Waals surface area contributed by atoms with Crippen LogP contribution in [0.1, 0.15) is 49.1 Å². The van der Waals surface area contributed by atoms with Crippen molar-refractivity contribution in [3.05, 3.63) is 29.3 Å². The van der Waals surface area contributed by atoms with Gasteiger partial charge < -0.3 is 4.74 Å². The van der Waals surface area contributed by atoms with Crippen LogP contribution < -0.4 is 4.74 Å². The van der Waals surface area contributed by atoms with E-state index in [1.54, 1.807) is 7.11 Å². The highest BCUT2D eigenvalue weighted by atomic mass is 79.9. The molecule has 1 aliphatic carbocycles. The Hall–Kier alpha value is -0.500. The zero-order valence-corrected chi connectivity index (χ0v) is 12.3. The molecule has 0 heterocycles. The lowest BCUT2D eigenvalue weighted by Crippen LogP contribution is -2.12. The molecule has 94 valence electrons. The van der Waals surface area contributed by atoms with Gasteiger partial charge in [0.1, 0.15) is 5.75 Å². The van der Waals surface area contributed by atoms with Gasteiger partial charge >= 0.3 is 0 Å². The molecule has 2 heteroatoms. The number of hydrogen-bond acceptors (Lipinski definition) is 1. The number of alkyl halides is 1. The van der Waals surface area contributed by atoms with Crippen molar-refractivity contribution in [2.75, 3.05) is 7.11 Å². The van der Waals surface area contributed by atoms with E-state index in [0.717, 1.165) is 5.75 Å². The van der Waals surface area contributed by atoms with E-state index >= 15 is 0 Å². The van der Waals surface area contributed by atoms with Crippen molar-refractivity contribution < 1.29 is 4.74 Å². The van der Waals surface area contributed by atoms with Gasteiger partial charge in [-0.3, -0.25) is 0 Å². The third-order valence-corrected chi connectivity index (χ3v) is 4.90. The van der Waals surface area contributed by atoms with Gasteiger partial charge in [-0.25, -0.2) is 0 Å². The highest BCUT2D eigenvalue weighted by molar-refractivity contribution is 9.09. The van der Waals surface area contributed by atoms with Crippen molar-refractivity contribution in [3.8, 4) is 5.75 Å². The van der Waals surface area contributed by atoms with Crippen LogP contribution in [0.25, 0.3) is 0 Å². The molecule has 2 rings (SSSR count). The van der Waals surface area contributed by atoms with E-state index in [1.807, 2.05) is 0 Å². The van der Waals surface area contributed by atoms with Gasteiger partial charge in [0.2, 0.25) is 0 Å². The van der Waals surface area contributed by atoms with E-state index in [-0.39, 0.29) is 0 Å². The second-order valence-corrected chi connectivity index (χ2v) is 6.16. The van der Waals surface area contributed by atoms with E-state index in [1.165, 1.54) is 43.2 Å². The van der Waals surface area contributed by atoms with Crippen LogP contribution in [0.15, 0.2) is 18.2 Å². The number of benzene rings is 1. The Kier molecular flexibility index (Phi) is 4.49. The SMILES string of the molecule is COc1ccc(C2CCCCCC2Br)c(C)c1. The van der Waals surface area contributed by atoms with Crippen molar-refractivity contribution in [1.82, 2.24) is 0 Å². The number of aryl methyl sites for hydroxylation is 1. The van der Waals surface area contributed by atoms with E-state index < -0.39 is 0 Å². The first kappa shape index (κ1) is 12.9. The summed E-state index contributed by atoms with van der Waals surface area (Å²) in [5, 5.41) is 0. The topological polar surface area (TPSA) is 9.23 Å². The smallest absolute Gasteiger partial charge is 0.119 e. The first-order valence-corrected chi connectivity index (χ1v) is 7.42. The van der Waals surface area contributed by atoms with Crippen molar-refractivity contribution in [2.45, 2.75) is 49.8 Å². The van der Waals surface area contributed by atoms with Gasteiger partial charge in [-0.15, -0.1) is 0 Å². The molecular formula is C15H21BrO. The zero-order valence-electron chi connectivity index (χ0n) is 10.7. The molecule has 1 fully saturated rings. The minimum atomic E-state index is 0.636. The minimum Gasteiger partial charge on any atom is -0.497 e. The predicted octanol–water partition coefficient (Wildman–Crippen LogP) is 4.81. The molecule has 2 unspecified atom stereocenters. The van der Waals surface area contributed by atoms with Crippen molar-refractivity contribution in [1.29, 1.82) is 0 Å². The van der Waals surface area contributed by atoms with E-state index in [2.05, 4.69) is 41.1 Å². The van der Waals surface area contributed by atoms with Gasteiger partial charge in [0.15, 0.2) is 0 Å². The lowest BCUT2D eigenvalue weighted by Gasteiger charge is -2.22. The molecule has 0 bridgehead atoms. The summed E-state index contributed by atoms with van der Waals surface area (Å²) in [5.74, 6) is 1.63. The maximum Gasteiger partial charge on any atom is 0.119 e. The zero-order chi connectivity index (χ0) is 12.3. The largest absolute Gasteiger partial charge is 0.497 e. The van der Waals surface area contributed by atoms with Gasteiger partial charge in [-0.05, 0) is 48.9 Å². The molecule has 1 saturated carbocycles. The summed E-state index contributed by atoms with van der Waals surface area (Å²) in [7, 11) is 1.73. The molecule has 0 saturated heterocycles. The Balaban J connectivity index is 2.25. The normalized spacial score (nSPS) is 25.4. The van der Waals surface area contributed by atoms with Crippen molar-refractivity contribution >= 4 is 15.9 Å². The maximum atomic E-state index is 5.28. The number of hydrogen-bond donors (Lipinski definition) is 0. The van der Waals surface area contributed by atoms with Crippen molar-refractivity contribution in [2.24, 2.45) is 0 Å². The monoisotopic (exact) mass is 296 g/mol. The molecule has 0 amide bonds. The highest BCUT2D eigenvalue weighted by Crippen LogP contribution is 2.38. The summed E-state index contributed by atoms with van der Waals surface area (Å²) in [6.45, 7) is 2.20. The van der Waals surface area contributed by atoms with Crippen LogP contribution >= 0.6 is 15.9 Å². The summed E-state index contributed by atoms with van der Waals surface area (Å²) in [4.78, 5) is 0.636. The average molecular weight is 297 g/mol. The third kappa shape index (κ3) is 3.04. The van der Waals surface area contributed by atoms with Crippen LogP contribution in [0.5, 0.6) is 5.75 Å². The van der Waals surface area contributed by atoms with E-state index in [9.17, 15) is 0 Å². The summed E-state index contributed by atoms with van der Waals surface area (Å²) >= 11 is 3.88. The fourth-order valence-electron chi connectivity index (χ4n) is 2.80. The van der Waals surface area contributed by atoms with Gasteiger partial charge in [0.05, 0.1) is 7.11 Å². The third-order valence-electron chi connectivity index (χ3n) is 3.81. The Morgan fingerprint density at radius 1 is 1.18 bits per heavy atom. The molecule has 2 atom stereocenters. The Labute approximate surface area is 113 Å².